The van der Waals surface area contributed by atoms with Gasteiger partial charge in [-0.15, -0.1) is 0 Å². The van der Waals surface area contributed by atoms with E-state index in [0.29, 0.717) is 12.0 Å². The van der Waals surface area contributed by atoms with Gasteiger partial charge in [-0.25, -0.2) is 0 Å². The highest BCUT2D eigenvalue weighted by Gasteiger charge is 2.38. The molecule has 1 aliphatic rings. The Balaban J connectivity index is 2.69. The zero-order valence-electron chi connectivity index (χ0n) is 10.3. The van der Waals surface area contributed by atoms with Crippen molar-refractivity contribution in [2.45, 2.75) is 52.2 Å². The Morgan fingerprint density at radius 3 is 2.29 bits per heavy atom. The lowest BCUT2D eigenvalue weighted by Gasteiger charge is -2.46. The largest absolute Gasteiger partial charge is 0.377 e. The molecule has 1 unspecified atom stereocenters. The van der Waals surface area contributed by atoms with Crippen LogP contribution in [0.5, 0.6) is 0 Å². The minimum absolute atomic E-state index is 0.0997. The number of ether oxygens (including phenoxy) is 1. The lowest BCUT2D eigenvalue weighted by Crippen LogP contribution is -2.54. The Morgan fingerprint density at radius 1 is 1.21 bits per heavy atom. The SMILES string of the molecule is COC1(C(C)C)CCCN(C(C)C)C1. The molecule has 84 valence electrons. The minimum atomic E-state index is 0.0997. The van der Waals surface area contributed by atoms with Crippen LogP contribution in [0, 0.1) is 5.92 Å². The maximum atomic E-state index is 5.78. The van der Waals surface area contributed by atoms with Gasteiger partial charge in [-0.3, -0.25) is 4.90 Å². The fourth-order valence-electron chi connectivity index (χ4n) is 2.40. The van der Waals surface area contributed by atoms with Crippen LogP contribution in [0.3, 0.4) is 0 Å². The fourth-order valence-corrected chi connectivity index (χ4v) is 2.40. The lowest BCUT2D eigenvalue weighted by molar-refractivity contribution is -0.101. The van der Waals surface area contributed by atoms with E-state index in [1.807, 2.05) is 7.11 Å². The average molecular weight is 199 g/mol. The topological polar surface area (TPSA) is 12.5 Å². The highest BCUT2D eigenvalue weighted by molar-refractivity contribution is 4.92. The van der Waals surface area contributed by atoms with Crippen LogP contribution in [-0.4, -0.2) is 36.7 Å². The van der Waals surface area contributed by atoms with Gasteiger partial charge in [0, 0.05) is 19.7 Å². The van der Waals surface area contributed by atoms with E-state index in [1.54, 1.807) is 0 Å². The molecule has 1 aliphatic heterocycles. The average Bonchev–Trinajstić information content (AvgIpc) is 2.17. The molecule has 0 N–H and O–H groups in total. The molecule has 0 amide bonds. The minimum Gasteiger partial charge on any atom is -0.377 e. The van der Waals surface area contributed by atoms with E-state index < -0.39 is 0 Å². The standard InChI is InChI=1S/C12H25NO/c1-10(2)12(14-5)7-6-8-13(9-12)11(3)4/h10-11H,6-9H2,1-5H3. The third-order valence-corrected chi connectivity index (χ3v) is 3.71. The molecule has 0 radical (unpaired) electrons. The Labute approximate surface area is 88.6 Å². The van der Waals surface area contributed by atoms with E-state index >= 15 is 0 Å². The molecule has 0 aromatic rings. The van der Waals surface area contributed by atoms with Crippen LogP contribution in [0.15, 0.2) is 0 Å². The molecule has 0 saturated carbocycles. The van der Waals surface area contributed by atoms with Crippen molar-refractivity contribution in [1.82, 2.24) is 4.90 Å². The first-order valence-corrected chi connectivity index (χ1v) is 5.81. The van der Waals surface area contributed by atoms with Crippen LogP contribution in [0.25, 0.3) is 0 Å². The van der Waals surface area contributed by atoms with Crippen LogP contribution in [0.2, 0.25) is 0 Å². The van der Waals surface area contributed by atoms with Crippen molar-refractivity contribution >= 4 is 0 Å². The summed E-state index contributed by atoms with van der Waals surface area (Å²) >= 11 is 0. The lowest BCUT2D eigenvalue weighted by atomic mass is 9.82. The summed E-state index contributed by atoms with van der Waals surface area (Å²) in [6.07, 6.45) is 2.48. The Hall–Kier alpha value is -0.0800. The Morgan fingerprint density at radius 2 is 1.86 bits per heavy atom. The van der Waals surface area contributed by atoms with E-state index in [4.69, 9.17) is 4.74 Å². The predicted molar refractivity (Wildman–Crippen MR) is 60.5 cm³/mol. The zero-order chi connectivity index (χ0) is 10.8. The van der Waals surface area contributed by atoms with Crippen LogP contribution in [-0.2, 0) is 4.74 Å². The molecule has 0 spiro atoms. The highest BCUT2D eigenvalue weighted by atomic mass is 16.5. The van der Waals surface area contributed by atoms with Crippen molar-refractivity contribution in [3.63, 3.8) is 0 Å². The van der Waals surface area contributed by atoms with Gasteiger partial charge in [0.2, 0.25) is 0 Å². The summed E-state index contributed by atoms with van der Waals surface area (Å²) in [5.74, 6) is 0.606. The van der Waals surface area contributed by atoms with E-state index in [-0.39, 0.29) is 5.60 Å². The molecule has 0 bridgehead atoms. The van der Waals surface area contributed by atoms with E-state index in [9.17, 15) is 0 Å². The second-order valence-corrected chi connectivity index (χ2v) is 5.09. The zero-order valence-corrected chi connectivity index (χ0v) is 10.3. The van der Waals surface area contributed by atoms with Gasteiger partial charge in [0.25, 0.3) is 0 Å². The Bertz CT molecular complexity index is 179. The summed E-state index contributed by atoms with van der Waals surface area (Å²) < 4.78 is 5.78. The summed E-state index contributed by atoms with van der Waals surface area (Å²) in [7, 11) is 1.86. The number of piperidine rings is 1. The van der Waals surface area contributed by atoms with Crippen LogP contribution < -0.4 is 0 Å². The number of methoxy groups -OCH3 is 1. The monoisotopic (exact) mass is 199 g/mol. The molecule has 1 fully saturated rings. The van der Waals surface area contributed by atoms with Gasteiger partial charge < -0.3 is 4.74 Å². The number of rotatable bonds is 3. The van der Waals surface area contributed by atoms with Gasteiger partial charge in [-0.2, -0.15) is 0 Å². The molecule has 0 aromatic carbocycles. The van der Waals surface area contributed by atoms with Gasteiger partial charge in [0.1, 0.15) is 0 Å². The summed E-state index contributed by atoms with van der Waals surface area (Å²) in [6, 6.07) is 0.642. The van der Waals surface area contributed by atoms with Gasteiger partial charge in [0.15, 0.2) is 0 Å². The smallest absolute Gasteiger partial charge is 0.0828 e. The fraction of sp³-hybridized carbons (Fsp3) is 1.00. The first kappa shape index (κ1) is 12.0. The normalized spacial score (nSPS) is 30.2. The molecule has 2 heteroatoms. The highest BCUT2D eigenvalue weighted by Crippen LogP contribution is 2.32. The maximum Gasteiger partial charge on any atom is 0.0828 e. The molecular formula is C12H25NO. The third kappa shape index (κ3) is 2.29. The van der Waals surface area contributed by atoms with Crippen molar-refractivity contribution in [3.05, 3.63) is 0 Å². The van der Waals surface area contributed by atoms with E-state index in [1.165, 1.54) is 19.4 Å². The molecule has 1 heterocycles. The molecule has 1 saturated heterocycles. The number of hydrogen-bond donors (Lipinski definition) is 0. The first-order chi connectivity index (χ1) is 6.52. The molecule has 0 aromatic heterocycles. The van der Waals surface area contributed by atoms with Gasteiger partial charge in [0.05, 0.1) is 5.60 Å². The second-order valence-electron chi connectivity index (χ2n) is 5.09. The molecule has 1 atom stereocenters. The van der Waals surface area contributed by atoms with Gasteiger partial charge in [-0.1, -0.05) is 13.8 Å². The Kier molecular flexibility index (Phi) is 3.96. The number of nitrogens with zero attached hydrogens (tertiary/aromatic N) is 1. The summed E-state index contributed by atoms with van der Waals surface area (Å²) in [6.45, 7) is 11.4. The maximum absolute atomic E-state index is 5.78. The van der Waals surface area contributed by atoms with Crippen molar-refractivity contribution in [2.75, 3.05) is 20.2 Å². The quantitative estimate of drug-likeness (QED) is 0.692. The summed E-state index contributed by atoms with van der Waals surface area (Å²) in [5.41, 5.74) is 0.0997. The van der Waals surface area contributed by atoms with Gasteiger partial charge in [-0.05, 0) is 39.2 Å². The van der Waals surface area contributed by atoms with Crippen LogP contribution >= 0.6 is 0 Å². The molecular weight excluding hydrogens is 174 g/mol. The molecule has 0 aliphatic carbocycles. The van der Waals surface area contributed by atoms with Gasteiger partial charge >= 0.3 is 0 Å². The summed E-state index contributed by atoms with van der Waals surface area (Å²) in [5, 5.41) is 0. The summed E-state index contributed by atoms with van der Waals surface area (Å²) in [4.78, 5) is 2.53. The second kappa shape index (κ2) is 4.63. The number of hydrogen-bond acceptors (Lipinski definition) is 2. The third-order valence-electron chi connectivity index (χ3n) is 3.71. The van der Waals surface area contributed by atoms with Crippen molar-refractivity contribution < 1.29 is 4.74 Å². The molecule has 2 nitrogen and oxygen atoms in total. The van der Waals surface area contributed by atoms with Crippen molar-refractivity contribution in [3.8, 4) is 0 Å². The van der Waals surface area contributed by atoms with Crippen molar-refractivity contribution in [2.24, 2.45) is 5.92 Å². The van der Waals surface area contributed by atoms with Crippen molar-refractivity contribution in [1.29, 1.82) is 0 Å². The van der Waals surface area contributed by atoms with Crippen LogP contribution in [0.4, 0.5) is 0 Å². The first-order valence-electron chi connectivity index (χ1n) is 5.81. The number of likely N-dealkylation sites (tertiary alicyclic amines) is 1. The molecule has 14 heavy (non-hydrogen) atoms. The predicted octanol–water partition coefficient (Wildman–Crippen LogP) is 2.53. The molecule has 1 rings (SSSR count). The van der Waals surface area contributed by atoms with E-state index in [0.717, 1.165) is 6.54 Å². The van der Waals surface area contributed by atoms with E-state index in [2.05, 4.69) is 32.6 Å². The van der Waals surface area contributed by atoms with Crippen LogP contribution in [0.1, 0.15) is 40.5 Å².